The summed E-state index contributed by atoms with van der Waals surface area (Å²) >= 11 is 1.62. The van der Waals surface area contributed by atoms with Crippen LogP contribution in [0.4, 0.5) is 0 Å². The van der Waals surface area contributed by atoms with Crippen LogP contribution in [0.1, 0.15) is 22.5 Å². The number of aryl methyl sites for hydroxylation is 1. The van der Waals surface area contributed by atoms with E-state index in [1.807, 2.05) is 36.4 Å². The molecule has 0 fully saturated rings. The van der Waals surface area contributed by atoms with Crippen LogP contribution in [0, 0.1) is 13.8 Å². The Hall–Kier alpha value is -2.80. The third-order valence-electron chi connectivity index (χ3n) is 4.55. The fourth-order valence-electron chi connectivity index (χ4n) is 2.83. The summed E-state index contributed by atoms with van der Waals surface area (Å²) in [6.45, 7) is 4.44. The lowest BCUT2D eigenvalue weighted by atomic mass is 10.1. The highest BCUT2D eigenvalue weighted by Crippen LogP contribution is 2.26. The van der Waals surface area contributed by atoms with E-state index in [9.17, 15) is 0 Å². The van der Waals surface area contributed by atoms with Gasteiger partial charge < -0.3 is 9.47 Å². The molecule has 0 saturated carbocycles. The number of thioether (sulfide) groups is 1. The highest BCUT2D eigenvalue weighted by atomic mass is 32.2. The number of rotatable bonds is 5. The molecular weight excluding hydrogens is 360 g/mol. The first-order chi connectivity index (χ1) is 13.2. The summed E-state index contributed by atoms with van der Waals surface area (Å²) in [7, 11) is 1.66. The van der Waals surface area contributed by atoms with Gasteiger partial charge >= 0.3 is 0 Å². The van der Waals surface area contributed by atoms with Crippen molar-refractivity contribution in [3.05, 3.63) is 65.0 Å². The highest BCUT2D eigenvalue weighted by molar-refractivity contribution is 7.99. The zero-order valence-corrected chi connectivity index (χ0v) is 16.3. The summed E-state index contributed by atoms with van der Waals surface area (Å²) in [5.41, 5.74) is 4.32. The van der Waals surface area contributed by atoms with Crippen LogP contribution in [0.3, 0.4) is 0 Å². The molecule has 1 aliphatic heterocycles. The summed E-state index contributed by atoms with van der Waals surface area (Å²) in [6, 6.07) is 13.9. The second-order valence-corrected chi connectivity index (χ2v) is 7.21. The quantitative estimate of drug-likeness (QED) is 0.673. The first kappa shape index (κ1) is 17.6. The van der Waals surface area contributed by atoms with E-state index in [0.717, 1.165) is 39.2 Å². The summed E-state index contributed by atoms with van der Waals surface area (Å²) in [5, 5.41) is 14.0. The van der Waals surface area contributed by atoms with Gasteiger partial charge in [-0.2, -0.15) is 9.78 Å². The van der Waals surface area contributed by atoms with Gasteiger partial charge in [-0.05, 0) is 43.2 Å². The van der Waals surface area contributed by atoms with Crippen molar-refractivity contribution in [3.63, 3.8) is 0 Å². The van der Waals surface area contributed by atoms with Crippen LogP contribution in [-0.2, 0) is 6.61 Å². The topological polar surface area (TPSA) is 61.5 Å². The molecule has 4 rings (SSSR count). The molecule has 0 unspecified atom stereocenters. The summed E-state index contributed by atoms with van der Waals surface area (Å²) in [5.74, 6) is 3.09. The van der Waals surface area contributed by atoms with Crippen LogP contribution in [0.25, 0.3) is 0 Å². The number of aromatic nitrogens is 3. The zero-order chi connectivity index (χ0) is 18.8. The minimum absolute atomic E-state index is 0.312. The maximum Gasteiger partial charge on any atom is 0.212 e. The second-order valence-electron chi connectivity index (χ2n) is 6.26. The van der Waals surface area contributed by atoms with Gasteiger partial charge in [-0.15, -0.1) is 10.2 Å². The fourth-order valence-corrected chi connectivity index (χ4v) is 3.68. The van der Waals surface area contributed by atoms with E-state index in [2.05, 4.69) is 30.1 Å². The Labute approximate surface area is 162 Å². The van der Waals surface area contributed by atoms with Crippen LogP contribution in [-0.4, -0.2) is 33.4 Å². The van der Waals surface area contributed by atoms with Gasteiger partial charge in [-0.25, -0.2) is 0 Å². The van der Waals surface area contributed by atoms with Crippen molar-refractivity contribution < 1.29 is 9.47 Å². The average molecular weight is 380 g/mol. The molecule has 0 atom stereocenters. The molecule has 138 valence electrons. The number of fused-ring (bicyclic) bond motifs is 1. The van der Waals surface area contributed by atoms with Crippen molar-refractivity contribution in [3.8, 4) is 11.5 Å². The maximum atomic E-state index is 5.98. The van der Waals surface area contributed by atoms with E-state index in [-0.39, 0.29) is 0 Å². The molecule has 0 N–H and O–H groups in total. The van der Waals surface area contributed by atoms with Crippen LogP contribution < -0.4 is 9.47 Å². The molecule has 7 heteroatoms. The molecule has 6 nitrogen and oxygen atoms in total. The minimum Gasteiger partial charge on any atom is -0.497 e. The number of nitrogens with zero attached hydrogens (tertiary/aromatic N) is 4. The Morgan fingerprint density at radius 3 is 2.81 bits per heavy atom. The van der Waals surface area contributed by atoms with E-state index in [4.69, 9.17) is 14.6 Å². The van der Waals surface area contributed by atoms with E-state index < -0.39 is 0 Å². The molecule has 27 heavy (non-hydrogen) atoms. The minimum atomic E-state index is 0.312. The number of methoxy groups -OCH3 is 1. The summed E-state index contributed by atoms with van der Waals surface area (Å²) in [6.07, 6.45) is 0. The Balaban J connectivity index is 1.59. The average Bonchev–Trinajstić information content (AvgIpc) is 3.11. The van der Waals surface area contributed by atoms with Gasteiger partial charge in [-0.3, -0.25) is 0 Å². The van der Waals surface area contributed by atoms with Gasteiger partial charge in [0.05, 0.1) is 12.8 Å². The first-order valence-electron chi connectivity index (χ1n) is 8.64. The number of benzene rings is 2. The van der Waals surface area contributed by atoms with Gasteiger partial charge in [-0.1, -0.05) is 36.0 Å². The van der Waals surface area contributed by atoms with Gasteiger partial charge in [0, 0.05) is 11.3 Å². The van der Waals surface area contributed by atoms with Crippen molar-refractivity contribution in [2.45, 2.75) is 25.6 Å². The van der Waals surface area contributed by atoms with Crippen molar-refractivity contribution in [1.82, 2.24) is 14.9 Å². The maximum absolute atomic E-state index is 5.98. The SMILES string of the molecule is COc1cccc(C2=Nn3c(COc4cccc(C)c4C)nnc3SC2)c1. The first-order valence-corrected chi connectivity index (χ1v) is 9.62. The second kappa shape index (κ2) is 7.44. The molecule has 1 aliphatic rings. The lowest BCUT2D eigenvalue weighted by molar-refractivity contribution is 0.287. The molecule has 1 aromatic heterocycles. The zero-order valence-electron chi connectivity index (χ0n) is 15.5. The number of ether oxygens (including phenoxy) is 2. The fraction of sp³-hybridized carbons (Fsp3) is 0.250. The summed E-state index contributed by atoms with van der Waals surface area (Å²) in [4.78, 5) is 0. The molecule has 0 spiro atoms. The molecule has 2 aromatic carbocycles. The molecule has 0 amide bonds. The predicted octanol–water partition coefficient (Wildman–Crippen LogP) is 3.84. The standard InChI is InChI=1S/C20H20N4O2S/c1-13-6-4-9-18(14(13)2)26-11-19-21-22-20-24(19)23-17(12-27-20)15-7-5-8-16(10-15)25-3/h4-10H,11-12H2,1-3H3. The lowest BCUT2D eigenvalue weighted by Gasteiger charge is -2.15. The van der Waals surface area contributed by atoms with E-state index in [1.54, 1.807) is 23.5 Å². The van der Waals surface area contributed by atoms with Crippen molar-refractivity contribution in [2.24, 2.45) is 5.10 Å². The normalized spacial score (nSPS) is 13.1. The van der Waals surface area contributed by atoms with Crippen LogP contribution in [0.15, 0.2) is 52.7 Å². The lowest BCUT2D eigenvalue weighted by Crippen LogP contribution is -2.15. The van der Waals surface area contributed by atoms with E-state index >= 15 is 0 Å². The Morgan fingerprint density at radius 2 is 1.96 bits per heavy atom. The number of hydrogen-bond donors (Lipinski definition) is 0. The Bertz CT molecular complexity index is 1010. The van der Waals surface area contributed by atoms with E-state index in [0.29, 0.717) is 12.4 Å². The van der Waals surface area contributed by atoms with Gasteiger partial charge in [0.2, 0.25) is 5.16 Å². The Kier molecular flexibility index (Phi) is 4.85. The predicted molar refractivity (Wildman–Crippen MR) is 106 cm³/mol. The van der Waals surface area contributed by atoms with Crippen molar-refractivity contribution >= 4 is 17.5 Å². The molecule has 3 aromatic rings. The molecule has 0 radical (unpaired) electrons. The van der Waals surface area contributed by atoms with Crippen molar-refractivity contribution in [1.29, 1.82) is 0 Å². The van der Waals surface area contributed by atoms with E-state index in [1.165, 1.54) is 5.56 Å². The molecular formula is C20H20N4O2S. The van der Waals surface area contributed by atoms with Crippen LogP contribution in [0.5, 0.6) is 11.5 Å². The molecule has 0 aliphatic carbocycles. The summed E-state index contributed by atoms with van der Waals surface area (Å²) < 4.78 is 13.1. The molecule has 2 heterocycles. The third kappa shape index (κ3) is 3.55. The smallest absolute Gasteiger partial charge is 0.212 e. The highest BCUT2D eigenvalue weighted by Gasteiger charge is 2.20. The van der Waals surface area contributed by atoms with Crippen LogP contribution >= 0.6 is 11.8 Å². The van der Waals surface area contributed by atoms with Gasteiger partial charge in [0.1, 0.15) is 18.1 Å². The molecule has 0 bridgehead atoms. The van der Waals surface area contributed by atoms with Gasteiger partial charge in [0.25, 0.3) is 0 Å². The van der Waals surface area contributed by atoms with Crippen molar-refractivity contribution in [2.75, 3.05) is 12.9 Å². The third-order valence-corrected chi connectivity index (χ3v) is 5.48. The van der Waals surface area contributed by atoms with Crippen LogP contribution in [0.2, 0.25) is 0 Å². The molecule has 0 saturated heterocycles. The van der Waals surface area contributed by atoms with Gasteiger partial charge in [0.15, 0.2) is 5.82 Å². The largest absolute Gasteiger partial charge is 0.497 e. The number of hydrogen-bond acceptors (Lipinski definition) is 6. The monoisotopic (exact) mass is 380 g/mol. The Morgan fingerprint density at radius 1 is 1.11 bits per heavy atom.